The van der Waals surface area contributed by atoms with Crippen LogP contribution in [-0.4, -0.2) is 9.97 Å². The maximum atomic E-state index is 5.39. The van der Waals surface area contributed by atoms with Crippen LogP contribution in [0.2, 0.25) is 0 Å². The summed E-state index contributed by atoms with van der Waals surface area (Å²) in [6.07, 6.45) is 3.45. The van der Waals surface area contributed by atoms with Crippen molar-refractivity contribution >= 4 is 0 Å². The van der Waals surface area contributed by atoms with E-state index in [-0.39, 0.29) is 0 Å². The number of furan rings is 1. The van der Waals surface area contributed by atoms with Crippen molar-refractivity contribution in [2.24, 2.45) is 0 Å². The third-order valence-corrected chi connectivity index (χ3v) is 1.85. The van der Waals surface area contributed by atoms with Gasteiger partial charge in [-0.25, -0.2) is 9.97 Å². The molecule has 13 heavy (non-hydrogen) atoms. The molecule has 0 radical (unpaired) electrons. The molecule has 0 aromatic carbocycles. The molecule has 0 aliphatic heterocycles. The van der Waals surface area contributed by atoms with E-state index in [0.29, 0.717) is 0 Å². The molecule has 0 spiro atoms. The minimum absolute atomic E-state index is 0.719. The van der Waals surface area contributed by atoms with Gasteiger partial charge < -0.3 is 4.42 Å². The highest BCUT2D eigenvalue weighted by Crippen LogP contribution is 2.22. The Kier molecular flexibility index (Phi) is 1.85. The molecule has 3 heteroatoms. The maximum absolute atomic E-state index is 5.39. The van der Waals surface area contributed by atoms with Gasteiger partial charge >= 0.3 is 0 Å². The first kappa shape index (κ1) is 7.98. The largest absolute Gasteiger partial charge is 0.466 e. The van der Waals surface area contributed by atoms with Gasteiger partial charge in [0.1, 0.15) is 11.5 Å². The number of hydrogen-bond donors (Lipinski definition) is 0. The van der Waals surface area contributed by atoms with Crippen LogP contribution in [-0.2, 0) is 0 Å². The standard InChI is InChI=1S/C10H10N2O/c1-7-6-9(8(2)13-7)10-11-4-3-5-12-10/h3-6H,1-2H3. The molecule has 0 fully saturated rings. The zero-order valence-corrected chi connectivity index (χ0v) is 7.61. The van der Waals surface area contributed by atoms with E-state index in [1.165, 1.54) is 0 Å². The molecule has 0 aliphatic carbocycles. The molecule has 0 unspecified atom stereocenters. The van der Waals surface area contributed by atoms with E-state index in [9.17, 15) is 0 Å². The summed E-state index contributed by atoms with van der Waals surface area (Å²) in [5.74, 6) is 2.47. The molecule has 66 valence electrons. The van der Waals surface area contributed by atoms with E-state index in [1.807, 2.05) is 19.9 Å². The molecular weight excluding hydrogens is 164 g/mol. The molecule has 0 saturated heterocycles. The molecule has 0 N–H and O–H groups in total. The summed E-state index contributed by atoms with van der Waals surface area (Å²) in [5, 5.41) is 0. The molecule has 2 rings (SSSR count). The summed E-state index contributed by atoms with van der Waals surface area (Å²) in [6.45, 7) is 3.83. The van der Waals surface area contributed by atoms with Gasteiger partial charge in [-0.3, -0.25) is 0 Å². The van der Waals surface area contributed by atoms with Crippen molar-refractivity contribution in [2.45, 2.75) is 13.8 Å². The Hall–Kier alpha value is -1.64. The van der Waals surface area contributed by atoms with Crippen LogP contribution in [0.15, 0.2) is 28.9 Å². The lowest BCUT2D eigenvalue weighted by Crippen LogP contribution is -1.85. The molecule has 0 aliphatic rings. The smallest absolute Gasteiger partial charge is 0.162 e. The summed E-state index contributed by atoms with van der Waals surface area (Å²) in [4.78, 5) is 8.30. The second-order valence-corrected chi connectivity index (χ2v) is 2.90. The van der Waals surface area contributed by atoms with Gasteiger partial charge in [-0.2, -0.15) is 0 Å². The predicted molar refractivity (Wildman–Crippen MR) is 49.2 cm³/mol. The highest BCUT2D eigenvalue weighted by molar-refractivity contribution is 5.57. The van der Waals surface area contributed by atoms with Crippen molar-refractivity contribution < 1.29 is 4.42 Å². The van der Waals surface area contributed by atoms with Gasteiger partial charge in [-0.1, -0.05) is 0 Å². The van der Waals surface area contributed by atoms with Crippen LogP contribution in [0, 0.1) is 13.8 Å². The van der Waals surface area contributed by atoms with E-state index in [4.69, 9.17) is 4.42 Å². The summed E-state index contributed by atoms with van der Waals surface area (Å²) in [7, 11) is 0. The summed E-state index contributed by atoms with van der Waals surface area (Å²) in [6, 6.07) is 3.75. The van der Waals surface area contributed by atoms with E-state index in [2.05, 4.69) is 9.97 Å². The number of nitrogens with zero attached hydrogens (tertiary/aromatic N) is 2. The summed E-state index contributed by atoms with van der Waals surface area (Å²) < 4.78 is 5.39. The van der Waals surface area contributed by atoms with Gasteiger partial charge in [0, 0.05) is 12.4 Å². The van der Waals surface area contributed by atoms with Gasteiger partial charge in [-0.05, 0) is 26.0 Å². The SMILES string of the molecule is Cc1cc(-c2ncccn2)c(C)o1. The minimum atomic E-state index is 0.719. The van der Waals surface area contributed by atoms with Crippen molar-refractivity contribution in [3.05, 3.63) is 36.0 Å². The lowest BCUT2D eigenvalue weighted by Gasteiger charge is -1.94. The van der Waals surface area contributed by atoms with E-state index < -0.39 is 0 Å². The molecule has 0 atom stereocenters. The number of aryl methyl sites for hydroxylation is 2. The minimum Gasteiger partial charge on any atom is -0.466 e. The molecule has 2 aromatic heterocycles. The van der Waals surface area contributed by atoms with Crippen LogP contribution in [0.3, 0.4) is 0 Å². The topological polar surface area (TPSA) is 38.9 Å². The number of hydrogen-bond acceptors (Lipinski definition) is 3. The fraction of sp³-hybridized carbons (Fsp3) is 0.200. The average molecular weight is 174 g/mol. The van der Waals surface area contributed by atoms with Crippen molar-refractivity contribution in [1.29, 1.82) is 0 Å². The monoisotopic (exact) mass is 174 g/mol. The predicted octanol–water partition coefficient (Wildman–Crippen LogP) is 2.35. The van der Waals surface area contributed by atoms with Crippen LogP contribution < -0.4 is 0 Å². The number of rotatable bonds is 1. The van der Waals surface area contributed by atoms with Gasteiger partial charge in [0.05, 0.1) is 5.56 Å². The lowest BCUT2D eigenvalue weighted by molar-refractivity contribution is 0.505. The molecular formula is C10H10N2O. The molecule has 0 bridgehead atoms. The molecule has 0 saturated carbocycles. The van der Waals surface area contributed by atoms with Crippen LogP contribution >= 0.6 is 0 Å². The Morgan fingerprint density at radius 2 is 1.85 bits per heavy atom. The molecule has 2 heterocycles. The average Bonchev–Trinajstić information content (AvgIpc) is 2.47. The fourth-order valence-electron chi connectivity index (χ4n) is 1.29. The third-order valence-electron chi connectivity index (χ3n) is 1.85. The van der Waals surface area contributed by atoms with Gasteiger partial charge in [0.2, 0.25) is 0 Å². The Bertz CT molecular complexity index is 406. The zero-order valence-electron chi connectivity index (χ0n) is 7.61. The Morgan fingerprint density at radius 1 is 1.15 bits per heavy atom. The quantitative estimate of drug-likeness (QED) is 0.666. The van der Waals surface area contributed by atoms with E-state index >= 15 is 0 Å². The molecule has 2 aromatic rings. The second kappa shape index (κ2) is 3.01. The Labute approximate surface area is 76.5 Å². The summed E-state index contributed by atoms with van der Waals surface area (Å²) in [5.41, 5.74) is 0.970. The van der Waals surface area contributed by atoms with Crippen molar-refractivity contribution in [2.75, 3.05) is 0 Å². The summed E-state index contributed by atoms with van der Waals surface area (Å²) >= 11 is 0. The zero-order chi connectivity index (χ0) is 9.26. The van der Waals surface area contributed by atoms with Crippen LogP contribution in [0.4, 0.5) is 0 Å². The first-order chi connectivity index (χ1) is 6.27. The molecule has 0 amide bonds. The van der Waals surface area contributed by atoms with Crippen LogP contribution in [0.1, 0.15) is 11.5 Å². The first-order valence-electron chi connectivity index (χ1n) is 4.12. The van der Waals surface area contributed by atoms with Gasteiger partial charge in [-0.15, -0.1) is 0 Å². The van der Waals surface area contributed by atoms with Gasteiger partial charge in [0.25, 0.3) is 0 Å². The van der Waals surface area contributed by atoms with Crippen molar-refractivity contribution in [3.8, 4) is 11.4 Å². The normalized spacial score (nSPS) is 10.3. The maximum Gasteiger partial charge on any atom is 0.162 e. The van der Waals surface area contributed by atoms with Crippen molar-refractivity contribution in [1.82, 2.24) is 9.97 Å². The highest BCUT2D eigenvalue weighted by Gasteiger charge is 2.08. The van der Waals surface area contributed by atoms with Crippen molar-refractivity contribution in [3.63, 3.8) is 0 Å². The van der Waals surface area contributed by atoms with E-state index in [0.717, 1.165) is 22.9 Å². The highest BCUT2D eigenvalue weighted by atomic mass is 16.3. The Balaban J connectivity index is 2.53. The lowest BCUT2D eigenvalue weighted by atomic mass is 10.2. The third kappa shape index (κ3) is 1.45. The van der Waals surface area contributed by atoms with Gasteiger partial charge in [0.15, 0.2) is 5.82 Å². The number of aromatic nitrogens is 2. The first-order valence-corrected chi connectivity index (χ1v) is 4.12. The molecule has 3 nitrogen and oxygen atoms in total. The van der Waals surface area contributed by atoms with Crippen LogP contribution in [0.25, 0.3) is 11.4 Å². The second-order valence-electron chi connectivity index (χ2n) is 2.90. The Morgan fingerprint density at radius 3 is 2.38 bits per heavy atom. The van der Waals surface area contributed by atoms with Crippen LogP contribution in [0.5, 0.6) is 0 Å². The fourth-order valence-corrected chi connectivity index (χ4v) is 1.29. The van der Waals surface area contributed by atoms with E-state index in [1.54, 1.807) is 18.5 Å².